The number of nitrogens with one attached hydrogen (secondary N) is 2. The van der Waals surface area contributed by atoms with Crippen LogP contribution in [-0.4, -0.2) is 21.2 Å². The Labute approximate surface area is 247 Å². The van der Waals surface area contributed by atoms with Gasteiger partial charge in [-0.05, 0) is 42.6 Å². The fourth-order valence-corrected chi connectivity index (χ4v) is 6.84. The van der Waals surface area contributed by atoms with Gasteiger partial charge in [-0.25, -0.2) is 4.98 Å². The number of thiophene rings is 1. The number of dihydropyridines is 1. The third kappa shape index (κ3) is 5.85. The molecule has 5 rings (SSSR count). The van der Waals surface area contributed by atoms with E-state index in [1.54, 1.807) is 4.57 Å². The van der Waals surface area contributed by atoms with E-state index in [-0.39, 0.29) is 16.9 Å². The number of nitriles is 1. The van der Waals surface area contributed by atoms with Gasteiger partial charge in [0.1, 0.15) is 5.82 Å². The van der Waals surface area contributed by atoms with E-state index in [1.807, 2.05) is 99.8 Å². The predicted octanol–water partition coefficient (Wildman–Crippen LogP) is 6.52. The second kappa shape index (κ2) is 11.8. The Hall–Kier alpha value is -4.13. The Morgan fingerprint density at radius 3 is 2.54 bits per heavy atom. The Kier molecular flexibility index (Phi) is 8.15. The van der Waals surface area contributed by atoms with Gasteiger partial charge in [-0.2, -0.15) is 5.26 Å². The minimum absolute atomic E-state index is 0.0698. The lowest BCUT2D eigenvalue weighted by Crippen LogP contribution is -2.33. The molecule has 41 heavy (non-hydrogen) atoms. The lowest BCUT2D eigenvalue weighted by Gasteiger charge is -2.29. The van der Waals surface area contributed by atoms with E-state index >= 15 is 0 Å². The van der Waals surface area contributed by atoms with Crippen LogP contribution in [0.4, 0.5) is 5.69 Å². The van der Waals surface area contributed by atoms with Crippen molar-refractivity contribution in [1.82, 2.24) is 14.9 Å². The largest absolute Gasteiger partial charge is 0.353 e. The van der Waals surface area contributed by atoms with E-state index in [2.05, 4.69) is 16.7 Å². The average Bonchev–Trinajstić information content (AvgIpc) is 3.48. The van der Waals surface area contributed by atoms with Crippen molar-refractivity contribution in [3.8, 4) is 6.07 Å². The third-order valence-corrected chi connectivity index (χ3v) is 8.78. The molecule has 1 atom stereocenters. The Bertz CT molecular complexity index is 1760. The molecule has 0 saturated carbocycles. The van der Waals surface area contributed by atoms with E-state index in [0.29, 0.717) is 50.8 Å². The first-order valence-electron chi connectivity index (χ1n) is 13.3. The van der Waals surface area contributed by atoms with Crippen LogP contribution in [0.5, 0.6) is 0 Å². The number of hydrogen-bond donors (Lipinski definition) is 2. The third-order valence-electron chi connectivity index (χ3n) is 6.85. The van der Waals surface area contributed by atoms with Crippen LogP contribution < -0.4 is 16.2 Å². The summed E-state index contributed by atoms with van der Waals surface area (Å²) in [5.74, 6) is 0.509. The van der Waals surface area contributed by atoms with Gasteiger partial charge < -0.3 is 10.6 Å². The highest BCUT2D eigenvalue weighted by atomic mass is 32.2. The van der Waals surface area contributed by atoms with Gasteiger partial charge in [0.25, 0.3) is 11.5 Å². The van der Waals surface area contributed by atoms with Crippen LogP contribution in [-0.2, 0) is 16.8 Å². The summed E-state index contributed by atoms with van der Waals surface area (Å²) in [5, 5.41) is 19.9. The molecule has 1 amide bonds. The van der Waals surface area contributed by atoms with Crippen LogP contribution in [0.2, 0.25) is 0 Å². The van der Waals surface area contributed by atoms with E-state index in [1.165, 1.54) is 23.1 Å². The van der Waals surface area contributed by atoms with Crippen molar-refractivity contribution in [2.45, 2.75) is 45.6 Å². The Morgan fingerprint density at radius 2 is 1.85 bits per heavy atom. The van der Waals surface area contributed by atoms with Gasteiger partial charge >= 0.3 is 0 Å². The molecule has 208 valence electrons. The van der Waals surface area contributed by atoms with E-state index in [0.717, 1.165) is 10.7 Å². The number of carbonyl (C=O) groups is 1. The number of allylic oxidation sites excluding steroid dienone is 2. The summed E-state index contributed by atoms with van der Waals surface area (Å²) >= 11 is 3.00. The molecular formula is C32H31N5O2S2. The second-order valence-electron chi connectivity index (χ2n) is 10.8. The van der Waals surface area contributed by atoms with Gasteiger partial charge in [0.05, 0.1) is 33.5 Å². The summed E-state index contributed by atoms with van der Waals surface area (Å²) in [6.45, 7) is 8.44. The highest BCUT2D eigenvalue weighted by Gasteiger charge is 2.35. The lowest BCUT2D eigenvalue weighted by molar-refractivity contribution is -0.113. The molecule has 1 unspecified atom stereocenters. The number of fused-ring (bicyclic) bond motifs is 1. The van der Waals surface area contributed by atoms with Crippen molar-refractivity contribution in [2.75, 3.05) is 11.1 Å². The van der Waals surface area contributed by atoms with Gasteiger partial charge in [-0.3, -0.25) is 14.2 Å². The van der Waals surface area contributed by atoms with E-state index in [9.17, 15) is 14.9 Å². The summed E-state index contributed by atoms with van der Waals surface area (Å²) in [4.78, 5) is 32.8. The molecule has 0 bridgehead atoms. The maximum Gasteiger partial charge on any atom is 0.261 e. The van der Waals surface area contributed by atoms with E-state index in [4.69, 9.17) is 4.98 Å². The van der Waals surface area contributed by atoms with Crippen LogP contribution in [0, 0.1) is 11.3 Å². The number of carbonyl (C=O) groups excluding carboxylic acids is 1. The standard InChI is InChI=1S/C32H31N5O2S2/c1-20-26(28(38)35-21-11-6-5-7-12-21)27(25-15-10-17-40-25)23(19-33)29(34-20)41-18-16-37-30(39)22-13-8-9-14-24(22)36-31(37)32(2,3)4/h5-15,17,27,34H,16,18H2,1-4H3,(H,35,38). The molecule has 0 radical (unpaired) electrons. The fourth-order valence-electron chi connectivity index (χ4n) is 4.97. The molecule has 2 aromatic carbocycles. The first-order valence-corrected chi connectivity index (χ1v) is 15.2. The molecule has 0 fully saturated rings. The van der Waals surface area contributed by atoms with Crippen molar-refractivity contribution in [3.63, 3.8) is 0 Å². The summed E-state index contributed by atoms with van der Waals surface area (Å²) in [6.07, 6.45) is 0. The van der Waals surface area contributed by atoms with Gasteiger partial charge in [-0.1, -0.05) is 57.2 Å². The van der Waals surface area contributed by atoms with Crippen molar-refractivity contribution in [1.29, 1.82) is 5.26 Å². The minimum Gasteiger partial charge on any atom is -0.353 e. The minimum atomic E-state index is -0.498. The average molecular weight is 582 g/mol. The molecule has 0 spiro atoms. The molecule has 1 aliphatic rings. The van der Waals surface area contributed by atoms with Crippen LogP contribution >= 0.6 is 23.1 Å². The molecule has 1 aliphatic heterocycles. The van der Waals surface area contributed by atoms with Gasteiger partial charge in [0.15, 0.2) is 0 Å². The second-order valence-corrected chi connectivity index (χ2v) is 12.9. The highest BCUT2D eigenvalue weighted by Crippen LogP contribution is 2.42. The number of aromatic nitrogens is 2. The van der Waals surface area contributed by atoms with E-state index < -0.39 is 5.92 Å². The van der Waals surface area contributed by atoms with Crippen molar-refractivity contribution >= 4 is 45.6 Å². The number of benzene rings is 2. The summed E-state index contributed by atoms with van der Waals surface area (Å²) in [6, 6.07) is 23.0. The van der Waals surface area contributed by atoms with Crippen molar-refractivity contribution in [3.05, 3.63) is 115 Å². The van der Waals surface area contributed by atoms with Gasteiger partial charge in [0, 0.05) is 39.5 Å². The number of rotatable bonds is 7. The monoisotopic (exact) mass is 581 g/mol. The number of thioether (sulfide) groups is 1. The smallest absolute Gasteiger partial charge is 0.261 e. The quantitative estimate of drug-likeness (QED) is 0.258. The highest BCUT2D eigenvalue weighted by molar-refractivity contribution is 8.03. The normalized spacial score (nSPS) is 15.5. The fraction of sp³-hybridized carbons (Fsp3) is 0.250. The maximum atomic E-state index is 13.5. The summed E-state index contributed by atoms with van der Waals surface area (Å²) in [7, 11) is 0. The van der Waals surface area contributed by atoms with Crippen molar-refractivity contribution in [2.24, 2.45) is 0 Å². The Balaban J connectivity index is 1.46. The van der Waals surface area contributed by atoms with Gasteiger partial charge in [-0.15, -0.1) is 23.1 Å². The van der Waals surface area contributed by atoms with Crippen molar-refractivity contribution < 1.29 is 4.79 Å². The van der Waals surface area contributed by atoms with Crippen LogP contribution in [0.25, 0.3) is 10.9 Å². The Morgan fingerprint density at radius 1 is 1.12 bits per heavy atom. The molecule has 0 saturated heterocycles. The molecule has 2 N–H and O–H groups in total. The molecule has 9 heteroatoms. The number of hydrogen-bond acceptors (Lipinski definition) is 7. The number of anilines is 1. The van der Waals surface area contributed by atoms with Crippen LogP contribution in [0.15, 0.2) is 98.8 Å². The zero-order chi connectivity index (χ0) is 29.1. The molecule has 3 heterocycles. The number of amides is 1. The zero-order valence-electron chi connectivity index (χ0n) is 23.4. The number of nitrogens with zero attached hydrogens (tertiary/aromatic N) is 3. The molecule has 4 aromatic rings. The molecule has 0 aliphatic carbocycles. The topological polar surface area (TPSA) is 99.8 Å². The van der Waals surface area contributed by atoms with Crippen LogP contribution in [0.3, 0.4) is 0 Å². The molecule has 2 aromatic heterocycles. The predicted molar refractivity (Wildman–Crippen MR) is 168 cm³/mol. The SMILES string of the molecule is CC1=C(C(=O)Nc2ccccc2)C(c2cccs2)C(C#N)=C(SCCn2c(C(C)(C)C)nc3ccccc3c2=O)N1. The number of para-hydroxylation sites is 2. The maximum absolute atomic E-state index is 13.5. The first kappa shape index (κ1) is 28.4. The van der Waals surface area contributed by atoms with Gasteiger partial charge in [0.2, 0.25) is 0 Å². The first-order chi connectivity index (χ1) is 19.7. The van der Waals surface area contributed by atoms with Crippen LogP contribution in [0.1, 0.15) is 44.3 Å². The summed E-state index contributed by atoms with van der Waals surface area (Å²) < 4.78 is 1.75. The molecule has 7 nitrogen and oxygen atoms in total. The molecular weight excluding hydrogens is 551 g/mol. The zero-order valence-corrected chi connectivity index (χ0v) is 25.0. The lowest BCUT2D eigenvalue weighted by atomic mass is 9.86. The summed E-state index contributed by atoms with van der Waals surface area (Å²) in [5.41, 5.74) is 2.67.